The van der Waals surface area contributed by atoms with Crippen molar-refractivity contribution in [1.82, 2.24) is 8.75 Å². The van der Waals surface area contributed by atoms with E-state index in [0.29, 0.717) is 11.8 Å². The molecular weight excluding hydrogens is 605 g/mol. The third-order valence-corrected chi connectivity index (χ3v) is 14.8. The summed E-state index contributed by atoms with van der Waals surface area (Å²) in [7, 11) is -0.0111. The molecule has 2 nitrogen and oxygen atoms in total. The number of nitrogens with zero attached hydrogens (tertiary/aromatic N) is 2. The molecule has 0 radical (unpaired) electrons. The summed E-state index contributed by atoms with van der Waals surface area (Å²) in [4.78, 5) is 2.82. The van der Waals surface area contributed by atoms with Gasteiger partial charge in [0.1, 0.15) is 11.0 Å². The van der Waals surface area contributed by atoms with E-state index >= 15 is 0 Å². The van der Waals surface area contributed by atoms with E-state index in [1.165, 1.54) is 92.8 Å². The van der Waals surface area contributed by atoms with Gasteiger partial charge in [0.15, 0.2) is 0 Å². The average Bonchev–Trinajstić information content (AvgIpc) is 3.80. The molecule has 226 valence electrons. The number of benzene rings is 4. The number of hydrogen-bond donors (Lipinski definition) is 0. The molecule has 1 aliphatic heterocycles. The SMILES string of the molecule is CC(C)c1cc2cc3c(cc2s1)-c1cc2c(cc1C3(C)C)-c1cc3c(cc1C2(C)C)C=S(c1ccc(C(C)C)c2nsnc12)C3. The summed E-state index contributed by atoms with van der Waals surface area (Å²) in [5, 5.41) is 3.92. The van der Waals surface area contributed by atoms with E-state index in [4.69, 9.17) is 8.75 Å². The normalized spacial score (nSPS) is 18.4. The molecular formula is C40H38N2S3. The second-order valence-electron chi connectivity index (χ2n) is 15.0. The van der Waals surface area contributed by atoms with Crippen molar-refractivity contribution in [2.45, 2.75) is 88.7 Å². The van der Waals surface area contributed by atoms with Crippen molar-refractivity contribution < 1.29 is 0 Å². The zero-order chi connectivity index (χ0) is 31.2. The molecule has 0 bridgehead atoms. The lowest BCUT2D eigenvalue weighted by Crippen LogP contribution is -2.17. The van der Waals surface area contributed by atoms with E-state index in [0.717, 1.165) is 16.8 Å². The van der Waals surface area contributed by atoms with Crippen LogP contribution in [0.15, 0.2) is 59.5 Å². The van der Waals surface area contributed by atoms with E-state index < -0.39 is 0 Å². The monoisotopic (exact) mass is 642 g/mol. The van der Waals surface area contributed by atoms with Crippen molar-refractivity contribution in [3.8, 4) is 22.3 Å². The van der Waals surface area contributed by atoms with E-state index in [1.807, 2.05) is 11.3 Å². The predicted molar refractivity (Wildman–Crippen MR) is 197 cm³/mol. The van der Waals surface area contributed by atoms with Gasteiger partial charge in [-0.15, -0.1) is 21.8 Å². The molecule has 2 aromatic heterocycles. The van der Waals surface area contributed by atoms with Crippen LogP contribution >= 0.6 is 33.5 Å². The topological polar surface area (TPSA) is 25.8 Å². The minimum atomic E-state index is -0.0560. The highest BCUT2D eigenvalue weighted by atomic mass is 32.2. The van der Waals surface area contributed by atoms with Crippen LogP contribution in [0.3, 0.4) is 0 Å². The molecule has 0 fully saturated rings. The highest BCUT2D eigenvalue weighted by Gasteiger charge is 2.42. The Morgan fingerprint density at radius 1 is 0.689 bits per heavy atom. The van der Waals surface area contributed by atoms with Gasteiger partial charge in [0, 0.05) is 31.1 Å². The fourth-order valence-electron chi connectivity index (χ4n) is 8.18. The first kappa shape index (κ1) is 28.1. The quantitative estimate of drug-likeness (QED) is 0.180. The predicted octanol–water partition coefficient (Wildman–Crippen LogP) is 11.8. The molecule has 9 rings (SSSR count). The maximum Gasteiger partial charge on any atom is 0.118 e. The summed E-state index contributed by atoms with van der Waals surface area (Å²) in [6.07, 6.45) is 0. The van der Waals surface area contributed by atoms with Gasteiger partial charge >= 0.3 is 0 Å². The zero-order valence-corrected chi connectivity index (χ0v) is 29.7. The van der Waals surface area contributed by atoms with Crippen molar-refractivity contribution in [2.24, 2.45) is 0 Å². The van der Waals surface area contributed by atoms with Crippen LogP contribution in [0.1, 0.15) is 111 Å². The molecule has 4 aromatic carbocycles. The number of fused-ring (bicyclic) bond motifs is 9. The molecule has 1 unspecified atom stereocenters. The molecule has 45 heavy (non-hydrogen) atoms. The molecule has 0 saturated heterocycles. The maximum absolute atomic E-state index is 4.79. The second-order valence-corrected chi connectivity index (χ2v) is 18.5. The molecule has 3 heterocycles. The molecule has 0 saturated carbocycles. The fourth-order valence-corrected chi connectivity index (χ4v) is 12.0. The highest BCUT2D eigenvalue weighted by molar-refractivity contribution is 8.15. The van der Waals surface area contributed by atoms with Crippen LogP contribution in [-0.4, -0.2) is 14.1 Å². The van der Waals surface area contributed by atoms with E-state index in [2.05, 4.69) is 115 Å². The summed E-state index contributed by atoms with van der Waals surface area (Å²) in [5.41, 5.74) is 17.9. The van der Waals surface area contributed by atoms with Crippen LogP contribution in [0, 0.1) is 0 Å². The van der Waals surface area contributed by atoms with Gasteiger partial charge in [-0.1, -0.05) is 61.5 Å². The second kappa shape index (κ2) is 9.24. The third kappa shape index (κ3) is 3.78. The molecule has 0 N–H and O–H groups in total. The Bertz CT molecular complexity index is 2310. The molecule has 0 spiro atoms. The van der Waals surface area contributed by atoms with Crippen LogP contribution in [0.4, 0.5) is 0 Å². The molecule has 6 aromatic rings. The van der Waals surface area contributed by atoms with E-state index in [9.17, 15) is 0 Å². The Morgan fingerprint density at radius 2 is 1.31 bits per heavy atom. The molecule has 1 atom stereocenters. The molecule has 3 aliphatic rings. The molecule has 5 heteroatoms. The summed E-state index contributed by atoms with van der Waals surface area (Å²) in [6, 6.07) is 22.2. The van der Waals surface area contributed by atoms with E-state index in [-0.39, 0.29) is 21.3 Å². The van der Waals surface area contributed by atoms with Gasteiger partial charge in [-0.2, -0.15) is 8.75 Å². The lowest BCUT2D eigenvalue weighted by molar-refractivity contribution is 0.652. The first-order chi connectivity index (χ1) is 21.4. The van der Waals surface area contributed by atoms with Crippen molar-refractivity contribution >= 4 is 60.0 Å². The van der Waals surface area contributed by atoms with Crippen LogP contribution in [0.25, 0.3) is 43.4 Å². The highest BCUT2D eigenvalue weighted by Crippen LogP contribution is 2.58. The Labute approximate surface area is 276 Å². The van der Waals surface area contributed by atoms with Crippen LogP contribution < -0.4 is 0 Å². The van der Waals surface area contributed by atoms with Crippen LogP contribution in [-0.2, 0) is 16.6 Å². The van der Waals surface area contributed by atoms with E-state index in [1.54, 1.807) is 0 Å². The molecule has 0 amide bonds. The van der Waals surface area contributed by atoms with Crippen LogP contribution in [0.2, 0.25) is 0 Å². The lowest BCUT2D eigenvalue weighted by atomic mass is 9.79. The summed E-state index contributed by atoms with van der Waals surface area (Å²) in [6.45, 7) is 18.8. The minimum Gasteiger partial charge on any atom is -0.173 e. The molecule has 2 aliphatic carbocycles. The van der Waals surface area contributed by atoms with Gasteiger partial charge in [0.05, 0.1) is 11.7 Å². The Balaban J connectivity index is 1.16. The van der Waals surface area contributed by atoms with Gasteiger partial charge in [-0.25, -0.2) is 0 Å². The Hall–Kier alpha value is -3.12. The fraction of sp³-hybridized carbons (Fsp3) is 0.325. The number of aromatic nitrogens is 2. The Kier molecular flexibility index (Phi) is 5.78. The van der Waals surface area contributed by atoms with Gasteiger partial charge in [0.25, 0.3) is 0 Å². The summed E-state index contributed by atoms with van der Waals surface area (Å²) < 4.78 is 10.9. The third-order valence-electron chi connectivity index (χ3n) is 10.8. The van der Waals surface area contributed by atoms with Crippen molar-refractivity contribution in [1.29, 1.82) is 0 Å². The first-order valence-electron chi connectivity index (χ1n) is 16.2. The van der Waals surface area contributed by atoms with Gasteiger partial charge in [-0.3, -0.25) is 0 Å². The summed E-state index contributed by atoms with van der Waals surface area (Å²) >= 11 is 3.31. The minimum absolute atomic E-state index is 0.0111. The zero-order valence-electron chi connectivity index (χ0n) is 27.3. The van der Waals surface area contributed by atoms with Crippen molar-refractivity contribution in [3.05, 3.63) is 98.4 Å². The maximum atomic E-state index is 4.79. The number of hydrogen-bond acceptors (Lipinski definition) is 4. The van der Waals surface area contributed by atoms with Crippen LogP contribution in [0.5, 0.6) is 0 Å². The smallest absolute Gasteiger partial charge is 0.118 e. The van der Waals surface area contributed by atoms with Crippen molar-refractivity contribution in [3.63, 3.8) is 0 Å². The van der Waals surface area contributed by atoms with Gasteiger partial charge in [-0.05, 0) is 132 Å². The standard InChI is InChI=1S/C40H38N2S3/c1-20(2)25-9-10-36(38-37(25)41-44-42-38)45-18-23-11-26-27-15-33-28(16-32(27)40(7,8)31(26)13-24(23)19-45)29-17-35-22(12-30(29)39(33,5)6)14-34(43-35)21(3)4/h9-17,19-21H,18H2,1-8H3. The Morgan fingerprint density at radius 3 is 2.00 bits per heavy atom. The van der Waals surface area contributed by atoms with Gasteiger partial charge in [0.2, 0.25) is 0 Å². The largest absolute Gasteiger partial charge is 0.173 e. The number of rotatable bonds is 3. The average molecular weight is 643 g/mol. The lowest BCUT2D eigenvalue weighted by Gasteiger charge is -2.24. The van der Waals surface area contributed by atoms with Crippen molar-refractivity contribution in [2.75, 3.05) is 0 Å². The summed E-state index contributed by atoms with van der Waals surface area (Å²) in [5.74, 6) is 2.05. The van der Waals surface area contributed by atoms with Gasteiger partial charge < -0.3 is 0 Å². The first-order valence-corrected chi connectivity index (χ1v) is 19.2. The number of thiophene rings is 1.